The largest absolute Gasteiger partial charge is 0.481 e. The van der Waals surface area contributed by atoms with Gasteiger partial charge in [-0.3, -0.25) is 9.59 Å². The SMILES string of the molecule is O=C(CCCc1nc(-c2ccc(Cl)cc2)no1)N[C@@H]1CC[C@H](C(=O)O)C1. The number of carbonyl (C=O) groups excluding carboxylic acids is 1. The van der Waals surface area contributed by atoms with E-state index in [0.29, 0.717) is 48.8 Å². The van der Waals surface area contributed by atoms with E-state index in [-0.39, 0.29) is 17.9 Å². The van der Waals surface area contributed by atoms with Gasteiger partial charge in [0.1, 0.15) is 0 Å². The lowest BCUT2D eigenvalue weighted by Crippen LogP contribution is -2.33. The van der Waals surface area contributed by atoms with Crippen molar-refractivity contribution in [1.29, 1.82) is 0 Å². The van der Waals surface area contributed by atoms with Gasteiger partial charge in [-0.1, -0.05) is 16.8 Å². The molecule has 2 atom stereocenters. The van der Waals surface area contributed by atoms with Gasteiger partial charge in [0.2, 0.25) is 17.6 Å². The third-order valence-electron chi connectivity index (χ3n) is 4.51. The first-order valence-corrected chi connectivity index (χ1v) is 9.00. The Morgan fingerprint density at radius 1 is 1.27 bits per heavy atom. The monoisotopic (exact) mass is 377 g/mol. The molecule has 3 rings (SSSR count). The fraction of sp³-hybridized carbons (Fsp3) is 0.444. The van der Waals surface area contributed by atoms with E-state index in [1.807, 2.05) is 12.1 Å². The van der Waals surface area contributed by atoms with Crippen molar-refractivity contribution in [3.8, 4) is 11.4 Å². The number of aliphatic carboxylic acids is 1. The number of carboxylic acid groups (broad SMARTS) is 1. The number of aromatic nitrogens is 2. The molecule has 0 spiro atoms. The van der Waals surface area contributed by atoms with Crippen LogP contribution in [0.5, 0.6) is 0 Å². The molecule has 0 radical (unpaired) electrons. The van der Waals surface area contributed by atoms with Crippen LogP contribution in [0.1, 0.15) is 38.0 Å². The zero-order valence-corrected chi connectivity index (χ0v) is 14.9. The molecule has 0 aliphatic heterocycles. The molecule has 7 nitrogen and oxygen atoms in total. The average molecular weight is 378 g/mol. The van der Waals surface area contributed by atoms with Crippen LogP contribution in [0.4, 0.5) is 0 Å². The Morgan fingerprint density at radius 3 is 2.73 bits per heavy atom. The van der Waals surface area contributed by atoms with Crippen molar-refractivity contribution < 1.29 is 19.2 Å². The topological polar surface area (TPSA) is 105 Å². The first kappa shape index (κ1) is 18.4. The highest BCUT2D eigenvalue weighted by atomic mass is 35.5. The van der Waals surface area contributed by atoms with Crippen LogP contribution in [0, 0.1) is 5.92 Å². The Bertz CT molecular complexity index is 775. The second kappa shape index (κ2) is 8.31. The van der Waals surface area contributed by atoms with Crippen molar-refractivity contribution in [2.45, 2.75) is 44.6 Å². The van der Waals surface area contributed by atoms with E-state index in [4.69, 9.17) is 21.2 Å². The van der Waals surface area contributed by atoms with E-state index < -0.39 is 5.97 Å². The lowest BCUT2D eigenvalue weighted by atomic mass is 10.1. The summed E-state index contributed by atoms with van der Waals surface area (Å²) < 4.78 is 5.21. The first-order chi connectivity index (χ1) is 12.5. The average Bonchev–Trinajstić information content (AvgIpc) is 3.25. The molecule has 26 heavy (non-hydrogen) atoms. The van der Waals surface area contributed by atoms with Crippen LogP contribution in [0.25, 0.3) is 11.4 Å². The van der Waals surface area contributed by atoms with E-state index in [1.165, 1.54) is 0 Å². The lowest BCUT2D eigenvalue weighted by molar-refractivity contribution is -0.141. The van der Waals surface area contributed by atoms with E-state index >= 15 is 0 Å². The molecule has 2 aromatic rings. The fourth-order valence-corrected chi connectivity index (χ4v) is 3.24. The predicted octanol–water partition coefficient (Wildman–Crippen LogP) is 3.08. The van der Waals surface area contributed by atoms with Gasteiger partial charge in [0.15, 0.2) is 0 Å². The summed E-state index contributed by atoms with van der Waals surface area (Å²) >= 11 is 5.86. The van der Waals surface area contributed by atoms with Crippen molar-refractivity contribution in [2.75, 3.05) is 0 Å². The minimum absolute atomic E-state index is 0.0384. The second-order valence-electron chi connectivity index (χ2n) is 6.48. The Morgan fingerprint density at radius 2 is 2.04 bits per heavy atom. The van der Waals surface area contributed by atoms with Crippen LogP contribution in [0.15, 0.2) is 28.8 Å². The number of nitrogens with one attached hydrogen (secondary N) is 1. The van der Waals surface area contributed by atoms with Gasteiger partial charge >= 0.3 is 5.97 Å². The summed E-state index contributed by atoms with van der Waals surface area (Å²) in [4.78, 5) is 27.2. The number of hydrogen-bond donors (Lipinski definition) is 2. The van der Waals surface area contributed by atoms with E-state index in [1.54, 1.807) is 12.1 Å². The standard InChI is InChI=1S/C18H20ClN3O4/c19-13-7-4-11(5-8-13)17-21-16(26-22-17)3-1-2-15(23)20-14-9-6-12(10-14)18(24)25/h4-5,7-8,12,14H,1-3,6,9-10H2,(H,20,23)(H,24,25)/t12-,14+/m0/s1. The van der Waals surface area contributed by atoms with Gasteiger partial charge < -0.3 is 14.9 Å². The molecule has 1 aliphatic rings. The minimum Gasteiger partial charge on any atom is -0.481 e. The Balaban J connectivity index is 1.42. The van der Waals surface area contributed by atoms with Crippen molar-refractivity contribution in [3.05, 3.63) is 35.2 Å². The van der Waals surface area contributed by atoms with Crippen LogP contribution in [-0.2, 0) is 16.0 Å². The molecule has 1 fully saturated rings. The number of benzene rings is 1. The number of nitrogens with zero attached hydrogens (tertiary/aromatic N) is 2. The zero-order valence-electron chi connectivity index (χ0n) is 14.2. The molecular weight excluding hydrogens is 358 g/mol. The molecule has 0 unspecified atom stereocenters. The summed E-state index contributed by atoms with van der Waals surface area (Å²) in [7, 11) is 0. The van der Waals surface area contributed by atoms with Gasteiger partial charge in [-0.15, -0.1) is 0 Å². The van der Waals surface area contributed by atoms with Crippen LogP contribution in [0.3, 0.4) is 0 Å². The molecular formula is C18H20ClN3O4. The summed E-state index contributed by atoms with van der Waals surface area (Å²) in [5, 5.41) is 16.5. The summed E-state index contributed by atoms with van der Waals surface area (Å²) in [6.07, 6.45) is 3.29. The molecule has 1 saturated carbocycles. The molecule has 2 N–H and O–H groups in total. The zero-order chi connectivity index (χ0) is 18.5. The van der Waals surface area contributed by atoms with E-state index in [2.05, 4.69) is 15.5 Å². The molecule has 1 aliphatic carbocycles. The minimum atomic E-state index is -0.783. The quantitative estimate of drug-likeness (QED) is 0.768. The number of halogens is 1. The number of hydrogen-bond acceptors (Lipinski definition) is 5. The van der Waals surface area contributed by atoms with Crippen LogP contribution in [-0.4, -0.2) is 33.2 Å². The number of amides is 1. The summed E-state index contributed by atoms with van der Waals surface area (Å²) in [6.45, 7) is 0. The van der Waals surface area contributed by atoms with Crippen LogP contribution < -0.4 is 5.32 Å². The molecule has 8 heteroatoms. The fourth-order valence-electron chi connectivity index (χ4n) is 3.11. The van der Waals surface area contributed by atoms with E-state index in [0.717, 1.165) is 12.0 Å². The van der Waals surface area contributed by atoms with Crippen LogP contribution >= 0.6 is 11.6 Å². The van der Waals surface area contributed by atoms with Gasteiger partial charge in [0, 0.05) is 29.5 Å². The maximum absolute atomic E-state index is 12.0. The van der Waals surface area contributed by atoms with Crippen molar-refractivity contribution in [3.63, 3.8) is 0 Å². The molecule has 1 aromatic heterocycles. The number of carboxylic acids is 1. The van der Waals surface area contributed by atoms with Gasteiger partial charge in [-0.05, 0) is 49.9 Å². The third kappa shape index (κ3) is 4.82. The lowest BCUT2D eigenvalue weighted by Gasteiger charge is -2.11. The molecule has 1 heterocycles. The molecule has 0 saturated heterocycles. The maximum atomic E-state index is 12.0. The number of carbonyl (C=O) groups is 2. The predicted molar refractivity (Wildman–Crippen MR) is 94.6 cm³/mol. The van der Waals surface area contributed by atoms with Crippen molar-refractivity contribution in [1.82, 2.24) is 15.5 Å². The Kier molecular flexibility index (Phi) is 5.88. The van der Waals surface area contributed by atoms with Crippen molar-refractivity contribution in [2.24, 2.45) is 5.92 Å². The highest BCUT2D eigenvalue weighted by molar-refractivity contribution is 6.30. The maximum Gasteiger partial charge on any atom is 0.306 e. The Hall–Kier alpha value is -2.41. The number of aryl methyl sites for hydroxylation is 1. The molecule has 1 aromatic carbocycles. The summed E-state index contributed by atoms with van der Waals surface area (Å²) in [5.41, 5.74) is 0.816. The first-order valence-electron chi connectivity index (χ1n) is 8.62. The summed E-state index contributed by atoms with van der Waals surface area (Å²) in [5.74, 6) is -0.223. The molecule has 138 valence electrons. The van der Waals surface area contributed by atoms with Gasteiger partial charge in [0.05, 0.1) is 5.92 Å². The molecule has 0 bridgehead atoms. The van der Waals surface area contributed by atoms with Gasteiger partial charge in [-0.25, -0.2) is 0 Å². The smallest absolute Gasteiger partial charge is 0.306 e. The highest BCUT2D eigenvalue weighted by Crippen LogP contribution is 2.25. The summed E-state index contributed by atoms with van der Waals surface area (Å²) in [6, 6.07) is 7.11. The van der Waals surface area contributed by atoms with Crippen LogP contribution in [0.2, 0.25) is 5.02 Å². The third-order valence-corrected chi connectivity index (χ3v) is 4.76. The second-order valence-corrected chi connectivity index (χ2v) is 6.92. The van der Waals surface area contributed by atoms with Gasteiger partial charge in [-0.2, -0.15) is 4.98 Å². The Labute approximate surface area is 155 Å². The highest BCUT2D eigenvalue weighted by Gasteiger charge is 2.30. The van der Waals surface area contributed by atoms with Crippen molar-refractivity contribution >= 4 is 23.5 Å². The number of rotatable bonds is 7. The normalized spacial score (nSPS) is 19.4. The van der Waals surface area contributed by atoms with E-state index in [9.17, 15) is 9.59 Å². The van der Waals surface area contributed by atoms with Gasteiger partial charge in [0.25, 0.3) is 0 Å². The molecule has 1 amide bonds.